The Morgan fingerprint density at radius 3 is 2.04 bits per heavy atom. The molecule has 0 atom stereocenters. The molecule has 9 nitrogen and oxygen atoms in total. The van der Waals surface area contributed by atoms with E-state index in [0.717, 1.165) is 23.3 Å². The Bertz CT molecular complexity index is 808. The van der Waals surface area contributed by atoms with Crippen LogP contribution in [0.4, 0.5) is 22.7 Å². The number of nitrogens with two attached hydrogens (primary N) is 1. The Morgan fingerprint density at radius 1 is 1.00 bits per heavy atom. The Labute approximate surface area is 136 Å². The molecule has 2 rings (SSSR count). The van der Waals surface area contributed by atoms with Crippen LogP contribution in [0.1, 0.15) is 21.5 Å². The van der Waals surface area contributed by atoms with Crippen LogP contribution in [0.25, 0.3) is 0 Å². The third-order valence-corrected chi connectivity index (χ3v) is 3.27. The molecular formula is C15H14N4O5. The highest BCUT2D eigenvalue weighted by Crippen LogP contribution is 2.35. The van der Waals surface area contributed by atoms with Crippen LogP contribution in [-0.2, 0) is 0 Å². The van der Waals surface area contributed by atoms with E-state index in [1.165, 1.54) is 0 Å². The van der Waals surface area contributed by atoms with E-state index in [4.69, 9.17) is 5.73 Å². The normalized spacial score (nSPS) is 10.2. The summed E-state index contributed by atoms with van der Waals surface area (Å²) < 4.78 is 0. The molecule has 24 heavy (non-hydrogen) atoms. The van der Waals surface area contributed by atoms with Gasteiger partial charge < -0.3 is 11.1 Å². The van der Waals surface area contributed by atoms with E-state index >= 15 is 0 Å². The number of anilines is 2. The van der Waals surface area contributed by atoms with Gasteiger partial charge in [0.1, 0.15) is 5.69 Å². The number of hydrogen-bond acceptors (Lipinski definition) is 6. The smallest absolute Gasteiger partial charge is 0.300 e. The molecule has 1 amide bonds. The van der Waals surface area contributed by atoms with E-state index in [-0.39, 0.29) is 11.3 Å². The first-order valence-electron chi connectivity index (χ1n) is 6.81. The first kappa shape index (κ1) is 16.9. The van der Waals surface area contributed by atoms with Gasteiger partial charge in [0.25, 0.3) is 17.3 Å². The molecule has 0 radical (unpaired) electrons. The standard InChI is InChI=1S/C15H14N4O5/c1-8-3-9(2)5-10(4-8)17-14-12(15(16)20)6-11(18(21)22)7-13(14)19(23)24/h3-7,17H,1-2H3,(H2,16,20). The van der Waals surface area contributed by atoms with Gasteiger partial charge in [-0.1, -0.05) is 6.07 Å². The van der Waals surface area contributed by atoms with Crippen LogP contribution in [0.2, 0.25) is 0 Å². The van der Waals surface area contributed by atoms with Crippen LogP contribution in [0.3, 0.4) is 0 Å². The number of carbonyl (C=O) groups excluding carboxylic acids is 1. The van der Waals surface area contributed by atoms with Crippen LogP contribution in [0, 0.1) is 34.1 Å². The van der Waals surface area contributed by atoms with E-state index in [1.807, 2.05) is 19.9 Å². The van der Waals surface area contributed by atoms with E-state index in [1.54, 1.807) is 12.1 Å². The second-order valence-electron chi connectivity index (χ2n) is 5.27. The molecule has 0 aromatic heterocycles. The minimum absolute atomic E-state index is 0.178. The van der Waals surface area contributed by atoms with Crippen LogP contribution in [-0.4, -0.2) is 15.8 Å². The summed E-state index contributed by atoms with van der Waals surface area (Å²) >= 11 is 0. The molecule has 0 fully saturated rings. The first-order valence-corrected chi connectivity index (χ1v) is 6.81. The number of carbonyl (C=O) groups is 1. The van der Waals surface area contributed by atoms with Crippen molar-refractivity contribution in [2.24, 2.45) is 5.73 Å². The molecule has 0 unspecified atom stereocenters. The fraction of sp³-hybridized carbons (Fsp3) is 0.133. The van der Waals surface area contributed by atoms with Crippen molar-refractivity contribution in [1.82, 2.24) is 0 Å². The molecule has 9 heteroatoms. The van der Waals surface area contributed by atoms with Crippen molar-refractivity contribution in [3.63, 3.8) is 0 Å². The average molecular weight is 330 g/mol. The molecule has 0 spiro atoms. The number of benzene rings is 2. The van der Waals surface area contributed by atoms with E-state index in [9.17, 15) is 25.0 Å². The Morgan fingerprint density at radius 2 is 1.58 bits per heavy atom. The van der Waals surface area contributed by atoms with Gasteiger partial charge in [0.05, 0.1) is 21.5 Å². The summed E-state index contributed by atoms with van der Waals surface area (Å²) in [6, 6.07) is 7.06. The van der Waals surface area contributed by atoms with Gasteiger partial charge in [-0.15, -0.1) is 0 Å². The number of amides is 1. The fourth-order valence-corrected chi connectivity index (χ4v) is 2.38. The van der Waals surface area contributed by atoms with Crippen molar-refractivity contribution in [1.29, 1.82) is 0 Å². The van der Waals surface area contributed by atoms with Crippen LogP contribution >= 0.6 is 0 Å². The van der Waals surface area contributed by atoms with Gasteiger partial charge in [0, 0.05) is 11.8 Å². The number of non-ortho nitro benzene ring substituents is 1. The Balaban J connectivity index is 2.68. The summed E-state index contributed by atoms with van der Waals surface area (Å²) in [5, 5.41) is 25.0. The lowest BCUT2D eigenvalue weighted by atomic mass is 10.1. The minimum atomic E-state index is -1.01. The van der Waals surface area contributed by atoms with Gasteiger partial charge in [0.15, 0.2) is 0 Å². The van der Waals surface area contributed by atoms with Crippen molar-refractivity contribution < 1.29 is 14.6 Å². The van der Waals surface area contributed by atoms with Crippen molar-refractivity contribution in [2.75, 3.05) is 5.32 Å². The van der Waals surface area contributed by atoms with Gasteiger partial charge in [-0.05, 0) is 37.1 Å². The Hall–Kier alpha value is -3.49. The van der Waals surface area contributed by atoms with E-state index in [0.29, 0.717) is 5.69 Å². The summed E-state index contributed by atoms with van der Waals surface area (Å²) in [5.41, 5.74) is 5.88. The van der Waals surface area contributed by atoms with Crippen LogP contribution in [0.15, 0.2) is 30.3 Å². The fourth-order valence-electron chi connectivity index (χ4n) is 2.38. The van der Waals surface area contributed by atoms with Gasteiger partial charge in [-0.3, -0.25) is 25.0 Å². The number of nitrogens with zero attached hydrogens (tertiary/aromatic N) is 2. The second-order valence-corrected chi connectivity index (χ2v) is 5.27. The zero-order valence-corrected chi connectivity index (χ0v) is 12.9. The maximum Gasteiger partial charge on any atom is 0.300 e. The summed E-state index contributed by atoms with van der Waals surface area (Å²) in [7, 11) is 0. The molecule has 2 aromatic rings. The highest BCUT2D eigenvalue weighted by Gasteiger charge is 2.26. The van der Waals surface area contributed by atoms with Gasteiger partial charge in [0.2, 0.25) is 0 Å². The number of primary amides is 1. The summed E-state index contributed by atoms with van der Waals surface area (Å²) in [4.78, 5) is 32.2. The maximum atomic E-state index is 11.6. The lowest BCUT2D eigenvalue weighted by molar-refractivity contribution is -0.393. The predicted octanol–water partition coefficient (Wildman–Crippen LogP) is 2.96. The zero-order chi connectivity index (χ0) is 18.0. The molecule has 0 saturated heterocycles. The van der Waals surface area contributed by atoms with Gasteiger partial charge in [-0.2, -0.15) is 0 Å². The SMILES string of the molecule is Cc1cc(C)cc(Nc2c(C(N)=O)cc([N+](=O)[O-])cc2[N+](=O)[O-])c1. The largest absolute Gasteiger partial charge is 0.366 e. The minimum Gasteiger partial charge on any atom is -0.366 e. The van der Waals surface area contributed by atoms with Crippen molar-refractivity contribution in [3.05, 3.63) is 67.3 Å². The zero-order valence-electron chi connectivity index (χ0n) is 12.9. The monoisotopic (exact) mass is 330 g/mol. The highest BCUT2D eigenvalue weighted by atomic mass is 16.6. The number of rotatable bonds is 5. The molecule has 0 aliphatic carbocycles. The molecule has 0 aliphatic heterocycles. The number of nitro groups is 2. The molecule has 0 heterocycles. The molecule has 0 bridgehead atoms. The number of hydrogen-bond donors (Lipinski definition) is 2. The third kappa shape index (κ3) is 3.46. The Kier molecular flexibility index (Phi) is 4.45. The average Bonchev–Trinajstić information content (AvgIpc) is 2.45. The van der Waals surface area contributed by atoms with Crippen molar-refractivity contribution >= 4 is 28.7 Å². The lowest BCUT2D eigenvalue weighted by Crippen LogP contribution is -2.15. The summed E-state index contributed by atoms with van der Waals surface area (Å²) in [5.74, 6) is -1.01. The highest BCUT2D eigenvalue weighted by molar-refractivity contribution is 6.02. The van der Waals surface area contributed by atoms with Crippen LogP contribution < -0.4 is 11.1 Å². The molecule has 124 valence electrons. The quantitative estimate of drug-likeness (QED) is 0.637. The molecule has 0 aliphatic rings. The number of nitro benzene ring substituents is 2. The maximum absolute atomic E-state index is 11.6. The number of aryl methyl sites for hydroxylation is 2. The summed E-state index contributed by atoms with van der Waals surface area (Å²) in [6.07, 6.45) is 0. The van der Waals surface area contributed by atoms with Crippen molar-refractivity contribution in [2.45, 2.75) is 13.8 Å². The second kappa shape index (κ2) is 6.32. The van der Waals surface area contributed by atoms with Gasteiger partial charge >= 0.3 is 0 Å². The molecule has 2 aromatic carbocycles. The van der Waals surface area contributed by atoms with Crippen molar-refractivity contribution in [3.8, 4) is 0 Å². The lowest BCUT2D eigenvalue weighted by Gasteiger charge is -2.12. The first-order chi connectivity index (χ1) is 11.2. The molecule has 0 saturated carbocycles. The third-order valence-electron chi connectivity index (χ3n) is 3.27. The topological polar surface area (TPSA) is 141 Å². The summed E-state index contributed by atoms with van der Waals surface area (Å²) in [6.45, 7) is 3.69. The van der Waals surface area contributed by atoms with Gasteiger partial charge in [-0.25, -0.2) is 0 Å². The van der Waals surface area contributed by atoms with Crippen LogP contribution in [0.5, 0.6) is 0 Å². The number of nitrogens with one attached hydrogen (secondary N) is 1. The van der Waals surface area contributed by atoms with E-state index in [2.05, 4.69) is 5.32 Å². The van der Waals surface area contributed by atoms with E-state index < -0.39 is 27.1 Å². The predicted molar refractivity (Wildman–Crippen MR) is 87.5 cm³/mol. The molecular weight excluding hydrogens is 316 g/mol. The molecule has 3 N–H and O–H groups in total.